The van der Waals surface area contributed by atoms with Crippen LogP contribution in [-0.4, -0.2) is 50.7 Å². The number of ketones is 1. The Morgan fingerprint density at radius 3 is 2.63 bits per heavy atom. The summed E-state index contributed by atoms with van der Waals surface area (Å²) in [6.45, 7) is 2.56. The largest absolute Gasteiger partial charge is 0.762 e. The van der Waals surface area contributed by atoms with E-state index in [1.807, 2.05) is 0 Å². The van der Waals surface area contributed by atoms with Gasteiger partial charge in [0.2, 0.25) is 0 Å². The summed E-state index contributed by atoms with van der Waals surface area (Å²) in [4.78, 5) is 14.5. The zero-order valence-electron chi connectivity index (χ0n) is 11.1. The minimum Gasteiger partial charge on any atom is -0.762 e. The number of hydroxylamine groups is 2. The van der Waals surface area contributed by atoms with Crippen LogP contribution in [0.2, 0.25) is 0 Å². The summed E-state index contributed by atoms with van der Waals surface area (Å²) in [6.07, 6.45) is 5.82. The number of nitrogens with zero attached hydrogens (tertiary/aromatic N) is 2. The molecule has 6 heteroatoms. The maximum absolute atomic E-state index is 12.3. The Morgan fingerprint density at radius 1 is 1.32 bits per heavy atom. The molecule has 0 bridgehead atoms. The third kappa shape index (κ3) is 4.35. The van der Waals surface area contributed by atoms with Crippen molar-refractivity contribution >= 4 is 28.4 Å². The Labute approximate surface area is 128 Å². The normalized spacial score (nSPS) is 33.6. The molecule has 2 rings (SSSR count). The monoisotopic (exact) mass is 381 g/mol. The highest BCUT2D eigenvalue weighted by Crippen LogP contribution is 2.32. The van der Waals surface area contributed by atoms with Crippen LogP contribution in [0.15, 0.2) is 0 Å². The number of likely N-dealkylation sites (tertiary alicyclic amines) is 1. The molecule has 0 aromatic heterocycles. The van der Waals surface area contributed by atoms with Crippen LogP contribution in [0.1, 0.15) is 38.5 Å². The number of carbonyl (C=O) groups excluding carboxylic acids is 1. The summed E-state index contributed by atoms with van der Waals surface area (Å²) >= 11 is 2.20. The van der Waals surface area contributed by atoms with E-state index < -0.39 is 6.04 Å². The van der Waals surface area contributed by atoms with Gasteiger partial charge in [0.15, 0.2) is 0 Å². The van der Waals surface area contributed by atoms with E-state index in [0.717, 1.165) is 25.9 Å². The Kier molecular flexibility index (Phi) is 6.01. The molecule has 0 spiro atoms. The summed E-state index contributed by atoms with van der Waals surface area (Å²) in [5, 5.41) is 20.3. The van der Waals surface area contributed by atoms with Gasteiger partial charge in [-0.25, -0.2) is 0 Å². The van der Waals surface area contributed by atoms with Crippen molar-refractivity contribution in [2.24, 2.45) is 5.92 Å². The van der Waals surface area contributed by atoms with Gasteiger partial charge in [0.25, 0.3) is 0 Å². The van der Waals surface area contributed by atoms with Gasteiger partial charge in [0.05, 0.1) is 6.54 Å². The molecule has 5 nitrogen and oxygen atoms in total. The van der Waals surface area contributed by atoms with Crippen LogP contribution in [0.5, 0.6) is 0 Å². The average Bonchev–Trinajstić information content (AvgIpc) is 2.40. The number of hydrogen-bond donors (Lipinski definition) is 1. The van der Waals surface area contributed by atoms with E-state index in [2.05, 4.69) is 27.5 Å². The van der Waals surface area contributed by atoms with Gasteiger partial charge in [-0.15, -0.1) is 0 Å². The lowest BCUT2D eigenvalue weighted by Gasteiger charge is -2.40. The number of halogens is 1. The Bertz CT molecular complexity index is 308. The summed E-state index contributed by atoms with van der Waals surface area (Å²) in [5.74, 6) is 0.193. The quantitative estimate of drug-likeness (QED) is 0.460. The standard InChI is InChI=1S/C13H22IN2O3/c14-11-5-4-10(8-12(11)16(18)19)13(17)9-15-6-2-1-3-7-15/h10-12,18H,1-9H2/q-1. The molecule has 3 unspecified atom stereocenters. The predicted octanol–water partition coefficient (Wildman–Crippen LogP) is 2.20. The number of piperidine rings is 1. The van der Waals surface area contributed by atoms with Crippen molar-refractivity contribution < 1.29 is 10.0 Å². The second-order valence-electron chi connectivity index (χ2n) is 5.70. The molecule has 0 aromatic carbocycles. The highest BCUT2D eigenvalue weighted by Gasteiger charge is 2.33. The fraction of sp³-hybridized carbons (Fsp3) is 0.923. The maximum Gasteiger partial charge on any atom is 0.149 e. The first-order chi connectivity index (χ1) is 9.08. The molecule has 1 heterocycles. The molecular weight excluding hydrogens is 359 g/mol. The van der Waals surface area contributed by atoms with E-state index in [-0.39, 0.29) is 20.9 Å². The molecule has 110 valence electrons. The molecule has 0 amide bonds. The van der Waals surface area contributed by atoms with Gasteiger partial charge in [0, 0.05) is 15.9 Å². The molecule has 19 heavy (non-hydrogen) atoms. The van der Waals surface area contributed by atoms with Crippen molar-refractivity contribution in [3.63, 3.8) is 0 Å². The Balaban J connectivity index is 1.85. The number of alkyl halides is 1. The van der Waals surface area contributed by atoms with Crippen LogP contribution in [0.25, 0.3) is 0 Å². The molecular formula is C13H22IN2O3-. The van der Waals surface area contributed by atoms with Crippen LogP contribution >= 0.6 is 22.6 Å². The van der Waals surface area contributed by atoms with Crippen LogP contribution in [-0.2, 0) is 4.79 Å². The molecule has 2 fully saturated rings. The zero-order chi connectivity index (χ0) is 13.8. The first-order valence-electron chi connectivity index (χ1n) is 7.12. The maximum atomic E-state index is 12.3. The first kappa shape index (κ1) is 15.6. The van der Waals surface area contributed by atoms with Gasteiger partial charge < -0.3 is 10.4 Å². The molecule has 0 aromatic rings. The summed E-state index contributed by atoms with van der Waals surface area (Å²) in [6, 6.07) is -0.426. The minimum atomic E-state index is -0.426. The van der Waals surface area contributed by atoms with E-state index in [1.54, 1.807) is 0 Å². The number of carbonyl (C=O) groups is 1. The lowest BCUT2D eigenvalue weighted by molar-refractivity contribution is -0.129. The molecule has 1 saturated carbocycles. The summed E-state index contributed by atoms with van der Waals surface area (Å²) < 4.78 is 0.138. The zero-order valence-corrected chi connectivity index (χ0v) is 13.3. The third-order valence-corrected chi connectivity index (χ3v) is 5.75. The lowest BCUT2D eigenvalue weighted by atomic mass is 9.83. The number of rotatable bonds is 4. The molecule has 1 N–H and O–H groups in total. The second kappa shape index (κ2) is 7.31. The lowest BCUT2D eigenvalue weighted by Crippen LogP contribution is -2.44. The SMILES string of the molecule is O=C(CN1CCCCC1)C1CCC(I)C(N([O-])O)C1. The molecule has 1 aliphatic heterocycles. The molecule has 1 aliphatic carbocycles. The van der Waals surface area contributed by atoms with E-state index in [0.29, 0.717) is 13.0 Å². The summed E-state index contributed by atoms with van der Waals surface area (Å²) in [7, 11) is 0. The smallest absolute Gasteiger partial charge is 0.149 e. The highest BCUT2D eigenvalue weighted by atomic mass is 127. The van der Waals surface area contributed by atoms with Gasteiger partial charge in [-0.1, -0.05) is 29.0 Å². The molecule has 3 atom stereocenters. The van der Waals surface area contributed by atoms with Crippen LogP contribution < -0.4 is 0 Å². The Morgan fingerprint density at radius 2 is 2.00 bits per heavy atom. The molecule has 0 radical (unpaired) electrons. The summed E-state index contributed by atoms with van der Waals surface area (Å²) in [5.41, 5.74) is 0. The first-order valence-corrected chi connectivity index (χ1v) is 8.37. The fourth-order valence-electron chi connectivity index (χ4n) is 3.10. The van der Waals surface area contributed by atoms with E-state index in [4.69, 9.17) is 5.21 Å². The van der Waals surface area contributed by atoms with Gasteiger partial charge in [-0.3, -0.25) is 14.9 Å². The van der Waals surface area contributed by atoms with Crippen molar-refractivity contribution in [1.82, 2.24) is 10.1 Å². The van der Waals surface area contributed by atoms with E-state index in [1.165, 1.54) is 19.3 Å². The topological polar surface area (TPSA) is 66.8 Å². The highest BCUT2D eigenvalue weighted by molar-refractivity contribution is 14.1. The number of hydrogen-bond acceptors (Lipinski definition) is 5. The minimum absolute atomic E-state index is 0.0530. The fourth-order valence-corrected chi connectivity index (χ4v) is 4.03. The van der Waals surface area contributed by atoms with Crippen molar-refractivity contribution in [2.75, 3.05) is 19.6 Å². The van der Waals surface area contributed by atoms with Crippen LogP contribution in [0.4, 0.5) is 0 Å². The van der Waals surface area contributed by atoms with Gasteiger partial charge in [-0.05, 0) is 45.2 Å². The van der Waals surface area contributed by atoms with E-state index >= 15 is 0 Å². The third-order valence-electron chi connectivity index (χ3n) is 4.30. The second-order valence-corrected chi connectivity index (χ2v) is 7.30. The van der Waals surface area contributed by atoms with Crippen molar-refractivity contribution in [2.45, 2.75) is 48.5 Å². The van der Waals surface area contributed by atoms with Crippen molar-refractivity contribution in [3.05, 3.63) is 5.21 Å². The van der Waals surface area contributed by atoms with Gasteiger partial charge in [0.1, 0.15) is 5.78 Å². The van der Waals surface area contributed by atoms with Gasteiger partial charge in [-0.2, -0.15) is 0 Å². The van der Waals surface area contributed by atoms with Crippen LogP contribution in [0.3, 0.4) is 0 Å². The van der Waals surface area contributed by atoms with Crippen molar-refractivity contribution in [1.29, 1.82) is 0 Å². The van der Waals surface area contributed by atoms with E-state index in [9.17, 15) is 10.0 Å². The number of Topliss-reactive ketones (excluding diaryl/α,β-unsaturated/α-hetero) is 1. The predicted molar refractivity (Wildman–Crippen MR) is 81.2 cm³/mol. The molecule has 1 saturated heterocycles. The van der Waals surface area contributed by atoms with Crippen LogP contribution in [0, 0.1) is 11.1 Å². The van der Waals surface area contributed by atoms with Crippen molar-refractivity contribution in [3.8, 4) is 0 Å². The molecule has 2 aliphatic rings. The van der Waals surface area contributed by atoms with Gasteiger partial charge >= 0.3 is 0 Å². The Hall–Kier alpha value is 0.240. The average molecular weight is 381 g/mol.